The number of halogens is 1. The molecule has 2 aromatic rings. The zero-order valence-electron chi connectivity index (χ0n) is 22.8. The molecular weight excluding hydrogens is 548 g/mol. The van der Waals surface area contributed by atoms with Crippen molar-refractivity contribution >= 4 is 33.4 Å². The van der Waals surface area contributed by atoms with Crippen LogP contribution in [0, 0.1) is 0 Å². The zero-order valence-corrected chi connectivity index (χ0v) is 24.4. The molecule has 0 aromatic heterocycles. The first-order chi connectivity index (χ1) is 18.4. The van der Waals surface area contributed by atoms with Gasteiger partial charge in [0.2, 0.25) is 0 Å². The van der Waals surface area contributed by atoms with Gasteiger partial charge in [-0.25, -0.2) is 0 Å². The standard InChI is InChI=1S/C30H39BrN2O5/c1-5-7-16-32(17-8-6-2)18-9-19-33-27(22-12-15-24(37-3)25(20-22)38-4)26(29(35)30(33)36)28(34)21-10-13-23(31)14-11-21/h10-15,20,27,34H,5-9,16-19H2,1-4H3/t27-/m0/s1. The molecule has 1 amide bonds. The monoisotopic (exact) mass is 586 g/mol. The number of nitrogens with zero attached hydrogens (tertiary/aromatic N) is 2. The van der Waals surface area contributed by atoms with Crippen LogP contribution in [0.25, 0.3) is 5.76 Å². The highest BCUT2D eigenvalue weighted by atomic mass is 79.9. The van der Waals surface area contributed by atoms with Crippen LogP contribution in [0.3, 0.4) is 0 Å². The van der Waals surface area contributed by atoms with Crippen molar-refractivity contribution in [1.29, 1.82) is 0 Å². The Morgan fingerprint density at radius 3 is 2.11 bits per heavy atom. The van der Waals surface area contributed by atoms with E-state index in [0.29, 0.717) is 29.2 Å². The molecule has 0 radical (unpaired) electrons. The number of methoxy groups -OCH3 is 2. The normalized spacial score (nSPS) is 16.9. The fraction of sp³-hybridized carbons (Fsp3) is 0.467. The van der Waals surface area contributed by atoms with Gasteiger partial charge in [0.05, 0.1) is 25.8 Å². The van der Waals surface area contributed by atoms with Gasteiger partial charge in [0.1, 0.15) is 5.76 Å². The Bertz CT molecular complexity index is 1120. The molecule has 1 atom stereocenters. The number of hydrogen-bond acceptors (Lipinski definition) is 6. The predicted molar refractivity (Wildman–Crippen MR) is 154 cm³/mol. The molecule has 0 saturated carbocycles. The van der Waals surface area contributed by atoms with Crippen LogP contribution in [-0.2, 0) is 9.59 Å². The number of carbonyl (C=O) groups is 2. The number of likely N-dealkylation sites (tertiary alicyclic amines) is 1. The Hall–Kier alpha value is -2.84. The van der Waals surface area contributed by atoms with E-state index < -0.39 is 17.7 Å². The molecule has 1 fully saturated rings. The maximum atomic E-state index is 13.4. The summed E-state index contributed by atoms with van der Waals surface area (Å²) in [7, 11) is 3.10. The highest BCUT2D eigenvalue weighted by molar-refractivity contribution is 9.10. The van der Waals surface area contributed by atoms with Crippen molar-refractivity contribution in [2.24, 2.45) is 0 Å². The van der Waals surface area contributed by atoms with E-state index in [9.17, 15) is 14.7 Å². The number of aliphatic hydroxyl groups is 1. The molecule has 1 saturated heterocycles. The molecule has 0 bridgehead atoms. The maximum absolute atomic E-state index is 13.4. The van der Waals surface area contributed by atoms with Crippen LogP contribution in [0.15, 0.2) is 52.5 Å². The van der Waals surface area contributed by atoms with E-state index in [1.165, 1.54) is 0 Å². The minimum Gasteiger partial charge on any atom is -0.507 e. The average molecular weight is 588 g/mol. The van der Waals surface area contributed by atoms with Gasteiger partial charge in [0, 0.05) is 16.6 Å². The number of amides is 1. The minimum atomic E-state index is -0.738. The van der Waals surface area contributed by atoms with E-state index in [0.717, 1.165) is 56.2 Å². The van der Waals surface area contributed by atoms with Gasteiger partial charge in [-0.3, -0.25) is 9.59 Å². The Morgan fingerprint density at radius 1 is 0.921 bits per heavy atom. The molecule has 8 heteroatoms. The third kappa shape index (κ3) is 6.97. The van der Waals surface area contributed by atoms with E-state index >= 15 is 0 Å². The Morgan fingerprint density at radius 2 is 1.53 bits per heavy atom. The fourth-order valence-electron chi connectivity index (χ4n) is 4.81. The van der Waals surface area contributed by atoms with Crippen molar-refractivity contribution in [1.82, 2.24) is 9.80 Å². The van der Waals surface area contributed by atoms with Crippen LogP contribution in [-0.4, -0.2) is 67.0 Å². The van der Waals surface area contributed by atoms with Crippen LogP contribution >= 0.6 is 15.9 Å². The number of ether oxygens (including phenoxy) is 2. The molecule has 0 spiro atoms. The largest absolute Gasteiger partial charge is 0.507 e. The lowest BCUT2D eigenvalue weighted by atomic mass is 9.95. The molecule has 0 unspecified atom stereocenters. The van der Waals surface area contributed by atoms with Crippen molar-refractivity contribution in [3.8, 4) is 11.5 Å². The molecule has 7 nitrogen and oxygen atoms in total. The molecule has 1 N–H and O–H groups in total. The van der Waals surface area contributed by atoms with Gasteiger partial charge >= 0.3 is 0 Å². The summed E-state index contributed by atoms with van der Waals surface area (Å²) in [5.41, 5.74) is 1.23. The second-order valence-corrected chi connectivity index (χ2v) is 10.4. The molecule has 3 rings (SSSR count). The Labute approximate surface area is 234 Å². The van der Waals surface area contributed by atoms with E-state index in [2.05, 4.69) is 34.7 Å². The summed E-state index contributed by atoms with van der Waals surface area (Å²) >= 11 is 3.40. The number of hydrogen-bond donors (Lipinski definition) is 1. The molecule has 1 aliphatic rings. The van der Waals surface area contributed by atoms with Gasteiger partial charge < -0.3 is 24.4 Å². The number of ketones is 1. The highest BCUT2D eigenvalue weighted by Gasteiger charge is 2.46. The second-order valence-electron chi connectivity index (χ2n) is 9.52. The van der Waals surface area contributed by atoms with Gasteiger partial charge in [-0.1, -0.05) is 60.8 Å². The summed E-state index contributed by atoms with van der Waals surface area (Å²) in [6.07, 6.45) is 5.25. The predicted octanol–water partition coefficient (Wildman–Crippen LogP) is 6.18. The Kier molecular flexibility index (Phi) is 11.2. The lowest BCUT2D eigenvalue weighted by molar-refractivity contribution is -0.140. The zero-order chi connectivity index (χ0) is 27.7. The van der Waals surface area contributed by atoms with Crippen LogP contribution in [0.1, 0.15) is 63.1 Å². The van der Waals surface area contributed by atoms with Crippen LogP contribution in [0.2, 0.25) is 0 Å². The van der Waals surface area contributed by atoms with Crippen LogP contribution in [0.4, 0.5) is 0 Å². The second kappa shape index (κ2) is 14.4. The summed E-state index contributed by atoms with van der Waals surface area (Å²) < 4.78 is 11.7. The number of Topliss-reactive ketones (excluding diaryl/α,β-unsaturated/α-hetero) is 1. The third-order valence-corrected chi connectivity index (χ3v) is 7.44. The summed E-state index contributed by atoms with van der Waals surface area (Å²) in [5, 5.41) is 11.3. The van der Waals surface area contributed by atoms with Crippen molar-refractivity contribution in [2.45, 2.75) is 52.0 Å². The number of unbranched alkanes of at least 4 members (excludes halogenated alkanes) is 2. The lowest BCUT2D eigenvalue weighted by Crippen LogP contribution is -2.34. The third-order valence-electron chi connectivity index (χ3n) is 6.91. The van der Waals surface area contributed by atoms with Crippen molar-refractivity contribution in [3.63, 3.8) is 0 Å². The van der Waals surface area contributed by atoms with E-state index in [4.69, 9.17) is 9.47 Å². The van der Waals surface area contributed by atoms with Gasteiger partial charge in [-0.05, 0) is 68.7 Å². The summed E-state index contributed by atoms with van der Waals surface area (Å²) in [4.78, 5) is 30.7. The van der Waals surface area contributed by atoms with Crippen molar-refractivity contribution in [2.75, 3.05) is 40.4 Å². The number of benzene rings is 2. The molecule has 1 aliphatic heterocycles. The Balaban J connectivity index is 1.98. The average Bonchev–Trinajstić information content (AvgIpc) is 3.18. The van der Waals surface area contributed by atoms with Gasteiger partial charge in [-0.2, -0.15) is 0 Å². The lowest BCUT2D eigenvalue weighted by Gasteiger charge is -2.28. The fourth-order valence-corrected chi connectivity index (χ4v) is 5.07. The molecule has 1 heterocycles. The first kappa shape index (κ1) is 29.7. The smallest absolute Gasteiger partial charge is 0.295 e. The van der Waals surface area contributed by atoms with Crippen molar-refractivity contribution in [3.05, 3.63) is 63.6 Å². The first-order valence-corrected chi connectivity index (χ1v) is 14.1. The molecule has 0 aliphatic carbocycles. The summed E-state index contributed by atoms with van der Waals surface area (Å²) in [5.74, 6) is -0.435. The SMILES string of the molecule is CCCCN(CCCC)CCCN1C(=O)C(=O)C(=C(O)c2ccc(Br)cc2)[C@@H]1c1ccc(OC)c(OC)c1. The van der Waals surface area contributed by atoms with E-state index in [1.807, 2.05) is 6.07 Å². The summed E-state index contributed by atoms with van der Waals surface area (Å²) in [6.45, 7) is 7.66. The van der Waals surface area contributed by atoms with Gasteiger partial charge in [-0.15, -0.1) is 0 Å². The van der Waals surface area contributed by atoms with E-state index in [1.54, 1.807) is 55.5 Å². The molecule has 2 aromatic carbocycles. The number of aliphatic hydroxyl groups excluding tert-OH is 1. The van der Waals surface area contributed by atoms with Crippen molar-refractivity contribution < 1.29 is 24.2 Å². The van der Waals surface area contributed by atoms with Gasteiger partial charge in [0.25, 0.3) is 11.7 Å². The van der Waals surface area contributed by atoms with E-state index in [-0.39, 0.29) is 11.3 Å². The number of rotatable bonds is 14. The minimum absolute atomic E-state index is 0.0818. The van der Waals surface area contributed by atoms with Gasteiger partial charge in [0.15, 0.2) is 11.5 Å². The highest BCUT2D eigenvalue weighted by Crippen LogP contribution is 2.42. The molecular formula is C30H39BrN2O5. The first-order valence-electron chi connectivity index (χ1n) is 13.3. The number of carbonyl (C=O) groups excluding carboxylic acids is 2. The van der Waals surface area contributed by atoms with Crippen LogP contribution < -0.4 is 9.47 Å². The maximum Gasteiger partial charge on any atom is 0.295 e. The van der Waals surface area contributed by atoms with Crippen LogP contribution in [0.5, 0.6) is 11.5 Å². The summed E-state index contributed by atoms with van der Waals surface area (Å²) in [6, 6.07) is 11.6. The topological polar surface area (TPSA) is 79.3 Å². The molecule has 206 valence electrons. The quantitative estimate of drug-likeness (QED) is 0.162. The molecule has 38 heavy (non-hydrogen) atoms.